The first-order valence-corrected chi connectivity index (χ1v) is 9.33. The van der Waals surface area contributed by atoms with Gasteiger partial charge in [-0.2, -0.15) is 5.10 Å². The van der Waals surface area contributed by atoms with Crippen molar-refractivity contribution in [1.82, 2.24) is 15.1 Å². The number of hydrogen-bond donors (Lipinski definition) is 1. The number of carbonyl (C=O) groups is 2. The molecule has 1 N–H and O–H groups in total. The van der Waals surface area contributed by atoms with Gasteiger partial charge >= 0.3 is 0 Å². The van der Waals surface area contributed by atoms with Crippen LogP contribution in [0.2, 0.25) is 0 Å². The Balaban J connectivity index is 1.50. The number of amides is 1. The number of Topliss-reactive ketones (excluding diaryl/α,β-unsaturated/α-hetero) is 1. The smallest absolute Gasteiger partial charge is 0.292 e. The summed E-state index contributed by atoms with van der Waals surface area (Å²) in [5, 5.41) is 7.10. The summed E-state index contributed by atoms with van der Waals surface area (Å²) in [5.74, 6) is 1.60. The van der Waals surface area contributed by atoms with Gasteiger partial charge in [-0.05, 0) is 68.1 Å². The van der Waals surface area contributed by atoms with Gasteiger partial charge in [-0.1, -0.05) is 6.92 Å². The third-order valence-electron chi connectivity index (χ3n) is 6.71. The Morgan fingerprint density at radius 3 is 2.29 bits per heavy atom. The van der Waals surface area contributed by atoms with Crippen molar-refractivity contribution < 1.29 is 9.59 Å². The van der Waals surface area contributed by atoms with Crippen molar-refractivity contribution in [3.05, 3.63) is 18.0 Å². The van der Waals surface area contributed by atoms with E-state index in [9.17, 15) is 9.59 Å². The molecule has 5 heteroatoms. The Labute approximate surface area is 143 Å². The second kappa shape index (κ2) is 5.71. The van der Waals surface area contributed by atoms with Gasteiger partial charge < -0.3 is 5.32 Å². The van der Waals surface area contributed by atoms with Gasteiger partial charge in [-0.3, -0.25) is 14.3 Å². The third kappa shape index (κ3) is 2.58. The Morgan fingerprint density at radius 1 is 1.25 bits per heavy atom. The third-order valence-corrected chi connectivity index (χ3v) is 6.71. The highest BCUT2D eigenvalue weighted by Gasteiger charge is 2.54. The minimum Gasteiger partial charge on any atom is -0.346 e. The standard InChI is InChI=1S/C19H27N3O2/c1-3-16(21-18(24)17(23)15-10-20-22(2)11-15)19-7-12-4-13(8-19)6-14(5-12)9-19/h10-14,16H,3-9H2,1-2H3,(H,21,24)/t12?,13?,14?,16-,19?/m0/s1. The fourth-order valence-corrected chi connectivity index (χ4v) is 6.19. The normalized spacial score (nSPS) is 35.0. The summed E-state index contributed by atoms with van der Waals surface area (Å²) in [6, 6.07) is 0.124. The number of aromatic nitrogens is 2. The Morgan fingerprint density at radius 2 is 1.83 bits per heavy atom. The van der Waals surface area contributed by atoms with Crippen LogP contribution in [0, 0.1) is 23.2 Å². The van der Waals surface area contributed by atoms with Gasteiger partial charge in [0.25, 0.3) is 11.7 Å². The zero-order chi connectivity index (χ0) is 16.9. The number of nitrogens with one attached hydrogen (secondary N) is 1. The molecule has 0 aliphatic heterocycles. The molecule has 1 aromatic heterocycles. The van der Waals surface area contributed by atoms with E-state index >= 15 is 0 Å². The van der Waals surface area contributed by atoms with E-state index < -0.39 is 11.7 Å². The first-order chi connectivity index (χ1) is 11.5. The van der Waals surface area contributed by atoms with Crippen molar-refractivity contribution in [1.29, 1.82) is 0 Å². The maximum atomic E-state index is 12.5. The van der Waals surface area contributed by atoms with Gasteiger partial charge in [-0.25, -0.2) is 0 Å². The summed E-state index contributed by atoms with van der Waals surface area (Å²) in [4.78, 5) is 24.9. The van der Waals surface area contributed by atoms with E-state index in [0.717, 1.165) is 24.2 Å². The van der Waals surface area contributed by atoms with E-state index in [4.69, 9.17) is 0 Å². The summed E-state index contributed by atoms with van der Waals surface area (Å²) < 4.78 is 1.55. The van der Waals surface area contributed by atoms with Crippen molar-refractivity contribution >= 4 is 11.7 Å². The fourth-order valence-electron chi connectivity index (χ4n) is 6.19. The molecule has 1 aromatic rings. The van der Waals surface area contributed by atoms with Crippen LogP contribution < -0.4 is 5.32 Å². The number of aryl methyl sites for hydroxylation is 1. The van der Waals surface area contributed by atoms with Crippen LogP contribution in [0.5, 0.6) is 0 Å². The van der Waals surface area contributed by atoms with Gasteiger partial charge in [0.15, 0.2) is 0 Å². The maximum absolute atomic E-state index is 12.5. The maximum Gasteiger partial charge on any atom is 0.292 e. The molecule has 0 unspecified atom stereocenters. The highest BCUT2D eigenvalue weighted by molar-refractivity contribution is 6.42. The van der Waals surface area contributed by atoms with Crippen LogP contribution in [0.4, 0.5) is 0 Å². The molecule has 5 nitrogen and oxygen atoms in total. The second-order valence-electron chi connectivity index (χ2n) is 8.45. The molecule has 4 fully saturated rings. The summed E-state index contributed by atoms with van der Waals surface area (Å²) in [5.41, 5.74) is 0.601. The Kier molecular flexibility index (Phi) is 3.77. The average Bonchev–Trinajstić information content (AvgIpc) is 2.96. The molecular weight excluding hydrogens is 302 g/mol. The molecule has 0 aromatic carbocycles. The molecule has 24 heavy (non-hydrogen) atoms. The fraction of sp³-hybridized carbons (Fsp3) is 0.737. The van der Waals surface area contributed by atoms with Crippen molar-refractivity contribution in [2.24, 2.45) is 30.2 Å². The molecule has 4 bridgehead atoms. The highest BCUT2D eigenvalue weighted by atomic mass is 16.2. The molecule has 0 radical (unpaired) electrons. The van der Waals surface area contributed by atoms with Crippen LogP contribution in [0.3, 0.4) is 0 Å². The quantitative estimate of drug-likeness (QED) is 0.667. The summed E-state index contributed by atoms with van der Waals surface area (Å²) in [6.45, 7) is 2.14. The van der Waals surface area contributed by atoms with E-state index in [1.54, 1.807) is 17.9 Å². The van der Waals surface area contributed by atoms with Crippen molar-refractivity contribution in [3.8, 4) is 0 Å². The van der Waals surface area contributed by atoms with Crippen LogP contribution in [0.15, 0.2) is 12.4 Å². The molecule has 5 rings (SSSR count). The number of rotatable bonds is 5. The van der Waals surface area contributed by atoms with Gasteiger partial charge in [0.05, 0.1) is 11.8 Å². The van der Waals surface area contributed by atoms with Gasteiger partial charge in [0.2, 0.25) is 0 Å². The van der Waals surface area contributed by atoms with E-state index in [-0.39, 0.29) is 11.5 Å². The largest absolute Gasteiger partial charge is 0.346 e. The molecule has 130 valence electrons. The van der Waals surface area contributed by atoms with E-state index in [2.05, 4.69) is 17.3 Å². The molecule has 1 amide bonds. The zero-order valence-electron chi connectivity index (χ0n) is 14.6. The number of hydrogen-bond acceptors (Lipinski definition) is 3. The topological polar surface area (TPSA) is 64.0 Å². The first-order valence-electron chi connectivity index (χ1n) is 9.33. The summed E-state index contributed by atoms with van der Waals surface area (Å²) in [7, 11) is 1.75. The van der Waals surface area contributed by atoms with E-state index in [1.165, 1.54) is 44.7 Å². The van der Waals surface area contributed by atoms with Crippen molar-refractivity contribution in [2.75, 3.05) is 0 Å². The molecule has 0 spiro atoms. The molecule has 1 atom stereocenters. The summed E-state index contributed by atoms with van der Waals surface area (Å²) in [6.07, 6.45) is 11.8. The lowest BCUT2D eigenvalue weighted by atomic mass is 9.47. The van der Waals surface area contributed by atoms with Gasteiger partial charge in [-0.15, -0.1) is 0 Å². The number of ketones is 1. The lowest BCUT2D eigenvalue weighted by Gasteiger charge is -2.59. The first kappa shape index (κ1) is 15.9. The average molecular weight is 329 g/mol. The number of nitrogens with zero attached hydrogens (tertiary/aromatic N) is 2. The van der Waals surface area contributed by atoms with Gasteiger partial charge in [0.1, 0.15) is 0 Å². The predicted octanol–water partition coefficient (Wildman–Crippen LogP) is 2.71. The minimum absolute atomic E-state index is 0.124. The summed E-state index contributed by atoms with van der Waals surface area (Å²) >= 11 is 0. The Bertz CT molecular complexity index is 628. The number of carbonyl (C=O) groups excluding carboxylic acids is 2. The highest BCUT2D eigenvalue weighted by Crippen LogP contribution is 2.61. The molecule has 4 aliphatic carbocycles. The lowest BCUT2D eigenvalue weighted by molar-refractivity contribution is -0.122. The van der Waals surface area contributed by atoms with Crippen LogP contribution >= 0.6 is 0 Å². The second-order valence-corrected chi connectivity index (χ2v) is 8.45. The van der Waals surface area contributed by atoms with Crippen LogP contribution in [0.1, 0.15) is 62.2 Å². The molecule has 1 heterocycles. The minimum atomic E-state index is -0.467. The molecule has 0 saturated heterocycles. The zero-order valence-corrected chi connectivity index (χ0v) is 14.6. The Hall–Kier alpha value is -1.65. The van der Waals surface area contributed by atoms with E-state index in [1.807, 2.05) is 0 Å². The van der Waals surface area contributed by atoms with Crippen LogP contribution in [-0.2, 0) is 11.8 Å². The molecule has 4 saturated carbocycles. The lowest BCUT2D eigenvalue weighted by Crippen LogP contribution is -2.57. The van der Waals surface area contributed by atoms with Crippen molar-refractivity contribution in [2.45, 2.75) is 57.9 Å². The monoisotopic (exact) mass is 329 g/mol. The van der Waals surface area contributed by atoms with Crippen LogP contribution in [-0.4, -0.2) is 27.5 Å². The van der Waals surface area contributed by atoms with Crippen molar-refractivity contribution in [3.63, 3.8) is 0 Å². The SMILES string of the molecule is CC[C@H](NC(=O)C(=O)c1cnn(C)c1)C12CC3CC(CC(C3)C1)C2. The predicted molar refractivity (Wildman–Crippen MR) is 90.4 cm³/mol. The van der Waals surface area contributed by atoms with Gasteiger partial charge in [0, 0.05) is 19.3 Å². The van der Waals surface area contributed by atoms with Crippen LogP contribution in [0.25, 0.3) is 0 Å². The molecule has 4 aliphatic rings. The van der Waals surface area contributed by atoms with E-state index in [0.29, 0.717) is 5.56 Å². The molecular formula is C19H27N3O2.